The van der Waals surface area contributed by atoms with Crippen LogP contribution in [0.4, 0.5) is 4.79 Å². The summed E-state index contributed by atoms with van der Waals surface area (Å²) in [6, 6.07) is -0.498. The highest BCUT2D eigenvalue weighted by Crippen LogP contribution is 2.23. The van der Waals surface area contributed by atoms with Gasteiger partial charge in [0.05, 0.1) is 0 Å². The van der Waals surface area contributed by atoms with E-state index < -0.39 is 12.1 Å². The molecule has 1 atom stereocenters. The summed E-state index contributed by atoms with van der Waals surface area (Å²) in [5.74, 6) is 0.441. The molecular formula is C12H13NO4. The van der Waals surface area contributed by atoms with E-state index in [1.807, 2.05) is 18.2 Å². The van der Waals surface area contributed by atoms with Gasteiger partial charge >= 0.3 is 6.09 Å². The van der Waals surface area contributed by atoms with Crippen molar-refractivity contribution in [3.8, 4) is 0 Å². The number of hydrogen-bond acceptors (Lipinski definition) is 3. The third kappa shape index (κ3) is 2.90. The molecule has 0 aromatic carbocycles. The molecule has 2 aliphatic rings. The normalized spacial score (nSPS) is 19.5. The number of nitrogens with one attached hydrogen (secondary N) is 1. The van der Waals surface area contributed by atoms with Gasteiger partial charge < -0.3 is 19.9 Å². The van der Waals surface area contributed by atoms with Gasteiger partial charge in [-0.05, 0) is 18.4 Å². The lowest BCUT2D eigenvalue weighted by molar-refractivity contribution is 0.184. The fraction of sp³-hybridized carbons (Fsp3) is 0.250. The Hall–Kier alpha value is -2.17. The van der Waals surface area contributed by atoms with E-state index in [1.165, 1.54) is 18.8 Å². The van der Waals surface area contributed by atoms with Gasteiger partial charge in [0.15, 0.2) is 5.76 Å². The van der Waals surface area contributed by atoms with Gasteiger partial charge in [-0.25, -0.2) is 4.79 Å². The fourth-order valence-electron chi connectivity index (χ4n) is 1.74. The van der Waals surface area contributed by atoms with E-state index in [2.05, 4.69) is 5.32 Å². The number of allylic oxidation sites excluding steroid dienone is 3. The molecule has 90 valence electrons. The highest BCUT2D eigenvalue weighted by atomic mass is 16.5. The lowest BCUT2D eigenvalue weighted by Crippen LogP contribution is -2.37. The highest BCUT2D eigenvalue weighted by molar-refractivity contribution is 5.66. The van der Waals surface area contributed by atoms with Gasteiger partial charge in [0.2, 0.25) is 0 Å². The second-order valence-electron chi connectivity index (χ2n) is 3.64. The second kappa shape index (κ2) is 5.25. The largest absolute Gasteiger partial charge is 0.466 e. The van der Waals surface area contributed by atoms with Gasteiger partial charge in [-0.1, -0.05) is 18.2 Å². The summed E-state index contributed by atoms with van der Waals surface area (Å²) < 4.78 is 10.2. The van der Waals surface area contributed by atoms with Crippen LogP contribution in [0.25, 0.3) is 0 Å². The van der Waals surface area contributed by atoms with Gasteiger partial charge in [0.25, 0.3) is 0 Å². The number of ether oxygens (including phenoxy) is 2. The van der Waals surface area contributed by atoms with Crippen molar-refractivity contribution in [1.29, 1.82) is 0 Å². The molecule has 1 aliphatic carbocycles. The number of rotatable bonds is 3. The van der Waals surface area contributed by atoms with Crippen LogP contribution < -0.4 is 5.32 Å². The third-order valence-corrected chi connectivity index (χ3v) is 2.49. The van der Waals surface area contributed by atoms with Crippen molar-refractivity contribution in [2.75, 3.05) is 0 Å². The summed E-state index contributed by atoms with van der Waals surface area (Å²) in [5.41, 5.74) is 0.958. The Balaban J connectivity index is 2.18. The smallest absolute Gasteiger partial charge is 0.405 e. The Bertz CT molecular complexity index is 420. The summed E-state index contributed by atoms with van der Waals surface area (Å²) in [6.45, 7) is 0. The molecule has 2 rings (SSSR count). The Kier molecular flexibility index (Phi) is 3.49. The van der Waals surface area contributed by atoms with Gasteiger partial charge in [-0.15, -0.1) is 0 Å². The summed E-state index contributed by atoms with van der Waals surface area (Å²) in [6.07, 6.45) is 10.6. The minimum Gasteiger partial charge on any atom is -0.466 e. The number of carboxylic acid groups (broad SMARTS) is 1. The van der Waals surface area contributed by atoms with E-state index in [4.69, 9.17) is 14.6 Å². The van der Waals surface area contributed by atoms with Crippen molar-refractivity contribution in [3.63, 3.8) is 0 Å². The monoisotopic (exact) mass is 235 g/mol. The van der Waals surface area contributed by atoms with Crippen molar-refractivity contribution in [2.45, 2.75) is 18.9 Å². The first kappa shape index (κ1) is 11.3. The molecule has 0 radical (unpaired) electrons. The molecule has 0 aromatic rings. The van der Waals surface area contributed by atoms with Crippen LogP contribution in [-0.4, -0.2) is 17.2 Å². The first-order valence-electron chi connectivity index (χ1n) is 5.29. The number of carbonyl (C=O) groups is 1. The topological polar surface area (TPSA) is 67.8 Å². The van der Waals surface area contributed by atoms with Crippen LogP contribution >= 0.6 is 0 Å². The summed E-state index contributed by atoms with van der Waals surface area (Å²) in [4.78, 5) is 10.8. The first-order valence-corrected chi connectivity index (χ1v) is 5.29. The maximum atomic E-state index is 10.8. The van der Waals surface area contributed by atoms with Crippen molar-refractivity contribution < 1.29 is 19.4 Å². The molecule has 1 amide bonds. The average Bonchev–Trinajstić information content (AvgIpc) is 2.38. The third-order valence-electron chi connectivity index (χ3n) is 2.49. The molecule has 5 nitrogen and oxygen atoms in total. The van der Waals surface area contributed by atoms with E-state index in [0.29, 0.717) is 5.76 Å². The van der Waals surface area contributed by atoms with Crippen LogP contribution in [0.5, 0.6) is 0 Å². The van der Waals surface area contributed by atoms with E-state index in [0.717, 1.165) is 18.4 Å². The fourth-order valence-corrected chi connectivity index (χ4v) is 1.74. The molecule has 1 aliphatic heterocycles. The number of amides is 1. The van der Waals surface area contributed by atoms with E-state index >= 15 is 0 Å². The van der Waals surface area contributed by atoms with Gasteiger partial charge in [-0.2, -0.15) is 0 Å². The van der Waals surface area contributed by atoms with Crippen LogP contribution in [0.3, 0.4) is 0 Å². The zero-order valence-corrected chi connectivity index (χ0v) is 9.13. The standard InChI is InChI=1S/C12H13NO4/c14-12(15)13-11(9-4-2-1-3-5-9)10-8-16-6-7-17-10/h1-2,4,6-8,11,13H,3,5H2,(H,14,15). The van der Waals surface area contributed by atoms with Crippen LogP contribution in [0.1, 0.15) is 12.8 Å². The zero-order chi connectivity index (χ0) is 12.1. The van der Waals surface area contributed by atoms with Gasteiger partial charge in [-0.3, -0.25) is 0 Å². The van der Waals surface area contributed by atoms with Crippen LogP contribution in [0.15, 0.2) is 48.3 Å². The van der Waals surface area contributed by atoms with Crippen molar-refractivity contribution in [1.82, 2.24) is 5.32 Å². The second-order valence-corrected chi connectivity index (χ2v) is 3.64. The Morgan fingerprint density at radius 3 is 2.94 bits per heavy atom. The molecule has 17 heavy (non-hydrogen) atoms. The molecule has 1 heterocycles. The van der Waals surface area contributed by atoms with Crippen LogP contribution in [-0.2, 0) is 9.47 Å². The van der Waals surface area contributed by atoms with Crippen molar-refractivity contribution in [3.05, 3.63) is 48.3 Å². The van der Waals surface area contributed by atoms with Crippen molar-refractivity contribution in [2.24, 2.45) is 0 Å². The molecular weight excluding hydrogens is 222 g/mol. The Morgan fingerprint density at radius 2 is 2.35 bits per heavy atom. The summed E-state index contributed by atoms with van der Waals surface area (Å²) >= 11 is 0. The first-order chi connectivity index (χ1) is 8.27. The lowest BCUT2D eigenvalue weighted by atomic mass is 9.96. The molecule has 0 bridgehead atoms. The SMILES string of the molecule is O=C(O)NC(C1=CC=CCC1)C1=COC=CO1. The molecule has 0 saturated carbocycles. The zero-order valence-electron chi connectivity index (χ0n) is 9.13. The quantitative estimate of drug-likeness (QED) is 0.787. The van der Waals surface area contributed by atoms with Crippen molar-refractivity contribution >= 4 is 6.09 Å². The molecule has 5 heteroatoms. The van der Waals surface area contributed by atoms with E-state index in [-0.39, 0.29) is 0 Å². The van der Waals surface area contributed by atoms with Gasteiger partial charge in [0.1, 0.15) is 24.8 Å². The van der Waals surface area contributed by atoms with E-state index in [9.17, 15) is 4.79 Å². The molecule has 1 unspecified atom stereocenters. The van der Waals surface area contributed by atoms with Crippen LogP contribution in [0, 0.1) is 0 Å². The lowest BCUT2D eigenvalue weighted by Gasteiger charge is -2.24. The average molecular weight is 235 g/mol. The molecule has 0 aromatic heterocycles. The predicted molar refractivity (Wildman–Crippen MR) is 60.8 cm³/mol. The highest BCUT2D eigenvalue weighted by Gasteiger charge is 2.24. The predicted octanol–water partition coefficient (Wildman–Crippen LogP) is 2.26. The minimum absolute atomic E-state index is 0.441. The van der Waals surface area contributed by atoms with E-state index in [1.54, 1.807) is 0 Å². The molecule has 2 N–H and O–H groups in total. The molecule has 0 spiro atoms. The summed E-state index contributed by atoms with van der Waals surface area (Å²) in [7, 11) is 0. The molecule has 0 fully saturated rings. The maximum Gasteiger partial charge on any atom is 0.405 e. The van der Waals surface area contributed by atoms with Crippen LogP contribution in [0.2, 0.25) is 0 Å². The Morgan fingerprint density at radius 1 is 1.47 bits per heavy atom. The summed E-state index contributed by atoms with van der Waals surface area (Å²) in [5, 5.41) is 11.3. The molecule has 0 saturated heterocycles. The van der Waals surface area contributed by atoms with Gasteiger partial charge in [0, 0.05) is 0 Å². The maximum absolute atomic E-state index is 10.8. The number of hydrogen-bond donors (Lipinski definition) is 2. The Labute approximate surface area is 98.7 Å². The minimum atomic E-state index is -1.09.